The molecular formula is C15H21BrF3NO. The molecule has 0 fully saturated rings. The normalized spacial score (nSPS) is 14.1. The molecule has 120 valence electrons. The summed E-state index contributed by atoms with van der Waals surface area (Å²) in [5.41, 5.74) is 1.12. The molecule has 0 heterocycles. The smallest absolute Gasteiger partial charge is 0.405 e. The maximum Gasteiger partial charge on any atom is 0.573 e. The Hall–Kier alpha value is -0.750. The lowest BCUT2D eigenvalue weighted by atomic mass is 9.82. The van der Waals surface area contributed by atoms with Crippen molar-refractivity contribution in [1.82, 2.24) is 5.32 Å². The Balaban J connectivity index is 2.57. The lowest BCUT2D eigenvalue weighted by molar-refractivity contribution is -0.274. The Morgan fingerprint density at radius 1 is 1.24 bits per heavy atom. The first-order valence-corrected chi connectivity index (χ1v) is 7.53. The van der Waals surface area contributed by atoms with Crippen LogP contribution in [0.15, 0.2) is 22.7 Å². The van der Waals surface area contributed by atoms with E-state index in [2.05, 4.69) is 53.7 Å². The first-order valence-electron chi connectivity index (χ1n) is 6.74. The van der Waals surface area contributed by atoms with E-state index in [-0.39, 0.29) is 11.2 Å². The van der Waals surface area contributed by atoms with Gasteiger partial charge in [0.15, 0.2) is 0 Å². The molecule has 0 saturated heterocycles. The molecule has 0 aliphatic carbocycles. The molecule has 1 aromatic carbocycles. The Kier molecular flexibility index (Phi) is 6.11. The molecule has 0 amide bonds. The maximum absolute atomic E-state index is 12.2. The van der Waals surface area contributed by atoms with Crippen LogP contribution in [0, 0.1) is 11.3 Å². The largest absolute Gasteiger partial charge is 0.573 e. The fourth-order valence-corrected chi connectivity index (χ4v) is 2.11. The lowest BCUT2D eigenvalue weighted by Crippen LogP contribution is -2.29. The summed E-state index contributed by atoms with van der Waals surface area (Å²) in [7, 11) is 0. The SMILES string of the molecule is CC(CNCc1ccc(OC(F)(F)F)c(Br)c1)C(C)(C)C. The summed E-state index contributed by atoms with van der Waals surface area (Å²) in [6.07, 6.45) is -4.68. The van der Waals surface area contributed by atoms with Gasteiger partial charge in [-0.05, 0) is 51.5 Å². The van der Waals surface area contributed by atoms with Gasteiger partial charge in [-0.2, -0.15) is 0 Å². The molecule has 0 bridgehead atoms. The third-order valence-corrected chi connectivity index (χ3v) is 4.10. The summed E-state index contributed by atoms with van der Waals surface area (Å²) < 4.78 is 40.7. The van der Waals surface area contributed by atoms with Crippen LogP contribution in [0.1, 0.15) is 33.3 Å². The van der Waals surface area contributed by atoms with Crippen molar-refractivity contribution in [3.63, 3.8) is 0 Å². The lowest BCUT2D eigenvalue weighted by Gasteiger charge is -2.27. The maximum atomic E-state index is 12.2. The second-order valence-corrected chi connectivity index (χ2v) is 7.06. The summed E-state index contributed by atoms with van der Waals surface area (Å²) in [6, 6.07) is 4.58. The summed E-state index contributed by atoms with van der Waals surface area (Å²) >= 11 is 3.10. The molecule has 2 nitrogen and oxygen atoms in total. The Labute approximate surface area is 132 Å². The van der Waals surface area contributed by atoms with E-state index in [4.69, 9.17) is 0 Å². The molecule has 6 heteroatoms. The van der Waals surface area contributed by atoms with Crippen LogP contribution in [0.5, 0.6) is 5.75 Å². The molecule has 1 N–H and O–H groups in total. The van der Waals surface area contributed by atoms with E-state index in [0.717, 1.165) is 12.1 Å². The van der Waals surface area contributed by atoms with Crippen LogP contribution < -0.4 is 10.1 Å². The minimum absolute atomic E-state index is 0.220. The Bertz CT molecular complexity index is 469. The van der Waals surface area contributed by atoms with Crippen LogP contribution in [0.4, 0.5) is 13.2 Å². The number of rotatable bonds is 5. The molecule has 1 rings (SSSR count). The van der Waals surface area contributed by atoms with Gasteiger partial charge in [-0.1, -0.05) is 33.8 Å². The number of ether oxygens (including phenoxy) is 1. The number of hydrogen-bond acceptors (Lipinski definition) is 2. The van der Waals surface area contributed by atoms with Gasteiger partial charge in [0.25, 0.3) is 0 Å². The van der Waals surface area contributed by atoms with E-state index in [1.807, 2.05) is 0 Å². The number of halogens is 4. The molecule has 21 heavy (non-hydrogen) atoms. The predicted octanol–water partition coefficient (Wildman–Crippen LogP) is 5.12. The average molecular weight is 368 g/mol. The zero-order chi connectivity index (χ0) is 16.3. The monoisotopic (exact) mass is 367 g/mol. The van der Waals surface area contributed by atoms with Crippen molar-refractivity contribution >= 4 is 15.9 Å². The van der Waals surface area contributed by atoms with Crippen LogP contribution in [-0.4, -0.2) is 12.9 Å². The fourth-order valence-electron chi connectivity index (χ4n) is 1.60. The van der Waals surface area contributed by atoms with Crippen molar-refractivity contribution < 1.29 is 17.9 Å². The average Bonchev–Trinajstić information content (AvgIpc) is 2.29. The molecule has 1 aromatic rings. The molecule has 0 aromatic heterocycles. The summed E-state index contributed by atoms with van der Waals surface area (Å²) in [5, 5.41) is 3.32. The van der Waals surface area contributed by atoms with E-state index < -0.39 is 6.36 Å². The molecule has 0 spiro atoms. The van der Waals surface area contributed by atoms with Crippen molar-refractivity contribution in [3.8, 4) is 5.75 Å². The zero-order valence-corrected chi connectivity index (χ0v) is 14.2. The van der Waals surface area contributed by atoms with Gasteiger partial charge in [-0.3, -0.25) is 0 Å². The van der Waals surface area contributed by atoms with E-state index in [9.17, 15) is 13.2 Å². The number of hydrogen-bond donors (Lipinski definition) is 1. The van der Waals surface area contributed by atoms with Crippen LogP contribution in [0.25, 0.3) is 0 Å². The van der Waals surface area contributed by atoms with Gasteiger partial charge in [-0.15, -0.1) is 13.2 Å². The molecule has 0 saturated carbocycles. The predicted molar refractivity (Wildman–Crippen MR) is 81.2 cm³/mol. The molecule has 0 aliphatic heterocycles. The van der Waals surface area contributed by atoms with Gasteiger partial charge in [0.2, 0.25) is 0 Å². The van der Waals surface area contributed by atoms with Crippen LogP contribution >= 0.6 is 15.9 Å². The number of nitrogens with one attached hydrogen (secondary N) is 1. The quantitative estimate of drug-likeness (QED) is 0.779. The van der Waals surface area contributed by atoms with Gasteiger partial charge < -0.3 is 10.1 Å². The molecule has 1 atom stereocenters. The van der Waals surface area contributed by atoms with Crippen LogP contribution in [0.3, 0.4) is 0 Å². The summed E-state index contributed by atoms with van der Waals surface area (Å²) in [4.78, 5) is 0. The fraction of sp³-hybridized carbons (Fsp3) is 0.600. The van der Waals surface area contributed by atoms with Gasteiger partial charge >= 0.3 is 6.36 Å². The van der Waals surface area contributed by atoms with E-state index in [1.54, 1.807) is 12.1 Å². The molecule has 1 unspecified atom stereocenters. The highest BCUT2D eigenvalue weighted by Gasteiger charge is 2.31. The third kappa shape index (κ3) is 6.70. The topological polar surface area (TPSA) is 21.3 Å². The zero-order valence-electron chi connectivity index (χ0n) is 12.6. The van der Waals surface area contributed by atoms with Crippen molar-refractivity contribution in [2.45, 2.75) is 40.6 Å². The van der Waals surface area contributed by atoms with E-state index in [0.29, 0.717) is 16.9 Å². The highest BCUT2D eigenvalue weighted by atomic mass is 79.9. The second kappa shape index (κ2) is 7.01. The number of benzene rings is 1. The van der Waals surface area contributed by atoms with Crippen molar-refractivity contribution in [2.75, 3.05) is 6.54 Å². The van der Waals surface area contributed by atoms with E-state index in [1.165, 1.54) is 6.07 Å². The molecular weight excluding hydrogens is 347 g/mol. The summed E-state index contributed by atoms with van der Waals surface area (Å²) in [5.74, 6) is 0.267. The van der Waals surface area contributed by atoms with Gasteiger partial charge in [0.1, 0.15) is 5.75 Å². The van der Waals surface area contributed by atoms with E-state index >= 15 is 0 Å². The van der Waals surface area contributed by atoms with Gasteiger partial charge in [0.05, 0.1) is 4.47 Å². The first kappa shape index (κ1) is 18.3. The second-order valence-electron chi connectivity index (χ2n) is 6.21. The first-order chi connectivity index (χ1) is 9.49. The minimum Gasteiger partial charge on any atom is -0.405 e. The van der Waals surface area contributed by atoms with Crippen molar-refractivity contribution in [2.24, 2.45) is 11.3 Å². The van der Waals surface area contributed by atoms with Crippen molar-refractivity contribution in [3.05, 3.63) is 28.2 Å². The highest BCUT2D eigenvalue weighted by Crippen LogP contribution is 2.31. The van der Waals surface area contributed by atoms with Crippen molar-refractivity contribution in [1.29, 1.82) is 0 Å². The third-order valence-electron chi connectivity index (χ3n) is 3.48. The minimum atomic E-state index is -4.68. The van der Waals surface area contributed by atoms with Gasteiger partial charge in [0, 0.05) is 6.54 Å². The Morgan fingerprint density at radius 3 is 2.33 bits per heavy atom. The molecule has 0 aliphatic rings. The summed E-state index contributed by atoms with van der Waals surface area (Å²) in [6.45, 7) is 10.2. The highest BCUT2D eigenvalue weighted by molar-refractivity contribution is 9.10. The standard InChI is InChI=1S/C15H21BrF3NO/c1-10(14(2,3)4)8-20-9-11-5-6-13(12(16)7-11)21-15(17,18)19/h5-7,10,20H,8-9H2,1-4H3. The van der Waals surface area contributed by atoms with Crippen LogP contribution in [0.2, 0.25) is 0 Å². The molecule has 0 radical (unpaired) electrons. The van der Waals surface area contributed by atoms with Gasteiger partial charge in [-0.25, -0.2) is 0 Å². The number of alkyl halides is 3. The van der Waals surface area contributed by atoms with Crippen LogP contribution in [-0.2, 0) is 6.54 Å². The Morgan fingerprint density at radius 2 is 1.86 bits per heavy atom.